The zero-order valence-corrected chi connectivity index (χ0v) is 15.1. The molecule has 0 N–H and O–H groups in total. The van der Waals surface area contributed by atoms with Crippen molar-refractivity contribution in [2.24, 2.45) is 0 Å². The van der Waals surface area contributed by atoms with Gasteiger partial charge in [-0.25, -0.2) is 14.4 Å². The van der Waals surface area contributed by atoms with Gasteiger partial charge < -0.3 is 9.80 Å². The molecule has 0 amide bonds. The van der Waals surface area contributed by atoms with Crippen molar-refractivity contribution in [1.82, 2.24) is 24.6 Å². The van der Waals surface area contributed by atoms with Crippen molar-refractivity contribution in [3.8, 4) is 11.4 Å². The van der Waals surface area contributed by atoms with Crippen LogP contribution in [0.4, 0.5) is 16.0 Å². The second kappa shape index (κ2) is 6.88. The summed E-state index contributed by atoms with van der Waals surface area (Å²) in [4.78, 5) is 13.4. The molecule has 0 atom stereocenters. The van der Waals surface area contributed by atoms with Crippen LogP contribution in [0.1, 0.15) is 0 Å². The normalized spacial score (nSPS) is 14.6. The van der Waals surface area contributed by atoms with E-state index in [9.17, 15) is 4.39 Å². The first kappa shape index (κ1) is 16.6. The van der Waals surface area contributed by atoms with Gasteiger partial charge in [-0.1, -0.05) is 18.2 Å². The molecule has 1 saturated heterocycles. The second-order valence-electron chi connectivity index (χ2n) is 6.64. The fourth-order valence-corrected chi connectivity index (χ4v) is 3.55. The number of rotatable bonds is 3. The molecule has 140 valence electrons. The zero-order valence-electron chi connectivity index (χ0n) is 15.1. The maximum absolute atomic E-state index is 13.6. The van der Waals surface area contributed by atoms with E-state index in [1.54, 1.807) is 12.3 Å². The van der Waals surface area contributed by atoms with Gasteiger partial charge in [-0.3, -0.25) is 4.40 Å². The predicted octanol–water partition coefficient (Wildman–Crippen LogP) is 2.65. The Labute approximate surface area is 161 Å². The van der Waals surface area contributed by atoms with Crippen LogP contribution in [0.15, 0.2) is 61.1 Å². The number of hydrogen-bond donors (Lipinski definition) is 0. The Morgan fingerprint density at radius 1 is 0.821 bits per heavy atom. The predicted molar refractivity (Wildman–Crippen MR) is 105 cm³/mol. The maximum Gasteiger partial charge on any atom is 0.204 e. The highest BCUT2D eigenvalue weighted by atomic mass is 19.1. The molecule has 1 aliphatic rings. The number of aromatic nitrogens is 5. The topological polar surface area (TPSA) is 62.5 Å². The summed E-state index contributed by atoms with van der Waals surface area (Å²) < 4.78 is 15.5. The molecule has 5 rings (SSSR count). The van der Waals surface area contributed by atoms with Crippen LogP contribution < -0.4 is 9.80 Å². The van der Waals surface area contributed by atoms with Crippen LogP contribution in [0.25, 0.3) is 17.0 Å². The molecular weight excluding hydrogens is 357 g/mol. The molecule has 28 heavy (non-hydrogen) atoms. The van der Waals surface area contributed by atoms with Crippen LogP contribution in [-0.2, 0) is 0 Å². The molecule has 7 nitrogen and oxygen atoms in total. The second-order valence-corrected chi connectivity index (χ2v) is 6.64. The van der Waals surface area contributed by atoms with E-state index >= 15 is 0 Å². The fourth-order valence-electron chi connectivity index (χ4n) is 3.55. The summed E-state index contributed by atoms with van der Waals surface area (Å²) in [6, 6.07) is 12.3. The van der Waals surface area contributed by atoms with Crippen molar-refractivity contribution in [2.45, 2.75) is 0 Å². The van der Waals surface area contributed by atoms with Gasteiger partial charge in [-0.2, -0.15) is 0 Å². The standard InChI is InChI=1S/C20H18FN7/c21-16-5-3-4-15(14-16)18-24-25-20-19(23-8-9-28(18)20)27-12-10-26(11-13-27)17-6-1-2-7-22-17/h1-9,14H,10-13H2. The first-order valence-electron chi connectivity index (χ1n) is 9.16. The van der Waals surface area contributed by atoms with Crippen LogP contribution in [0.2, 0.25) is 0 Å². The van der Waals surface area contributed by atoms with Crippen LogP contribution >= 0.6 is 0 Å². The van der Waals surface area contributed by atoms with Gasteiger partial charge in [0.05, 0.1) is 0 Å². The number of anilines is 2. The van der Waals surface area contributed by atoms with Gasteiger partial charge >= 0.3 is 0 Å². The van der Waals surface area contributed by atoms with E-state index in [2.05, 4.69) is 30.0 Å². The first-order chi connectivity index (χ1) is 13.8. The Balaban J connectivity index is 1.43. The Kier molecular flexibility index (Phi) is 4.08. The number of halogens is 1. The third kappa shape index (κ3) is 2.92. The lowest BCUT2D eigenvalue weighted by Crippen LogP contribution is -2.47. The van der Waals surface area contributed by atoms with E-state index in [-0.39, 0.29) is 5.82 Å². The third-order valence-corrected chi connectivity index (χ3v) is 4.94. The molecule has 0 unspecified atom stereocenters. The monoisotopic (exact) mass is 375 g/mol. The minimum Gasteiger partial charge on any atom is -0.353 e. The average Bonchev–Trinajstić information content (AvgIpc) is 3.19. The van der Waals surface area contributed by atoms with E-state index in [0.717, 1.165) is 37.8 Å². The molecule has 0 aliphatic carbocycles. The molecule has 4 aromatic rings. The highest BCUT2D eigenvalue weighted by Crippen LogP contribution is 2.25. The lowest BCUT2D eigenvalue weighted by atomic mass is 10.2. The van der Waals surface area contributed by atoms with Gasteiger partial charge in [-0.05, 0) is 24.3 Å². The summed E-state index contributed by atoms with van der Waals surface area (Å²) in [6.07, 6.45) is 5.36. The Bertz CT molecular complexity index is 1100. The molecular formula is C20H18FN7. The highest BCUT2D eigenvalue weighted by molar-refractivity contribution is 5.69. The number of piperazine rings is 1. The molecule has 1 aromatic carbocycles. The van der Waals surface area contributed by atoms with Crippen LogP contribution in [0, 0.1) is 5.82 Å². The van der Waals surface area contributed by atoms with Crippen LogP contribution in [0.3, 0.4) is 0 Å². The average molecular weight is 375 g/mol. The van der Waals surface area contributed by atoms with Crippen molar-refractivity contribution in [3.05, 3.63) is 66.9 Å². The van der Waals surface area contributed by atoms with Crippen LogP contribution in [-0.4, -0.2) is 50.7 Å². The summed E-state index contributed by atoms with van der Waals surface area (Å²) in [7, 11) is 0. The molecule has 1 fully saturated rings. The summed E-state index contributed by atoms with van der Waals surface area (Å²) >= 11 is 0. The van der Waals surface area contributed by atoms with Gasteiger partial charge in [0.25, 0.3) is 0 Å². The highest BCUT2D eigenvalue weighted by Gasteiger charge is 2.22. The van der Waals surface area contributed by atoms with Crippen LogP contribution in [0.5, 0.6) is 0 Å². The van der Waals surface area contributed by atoms with E-state index in [1.165, 1.54) is 12.1 Å². The molecule has 3 aromatic heterocycles. The molecule has 8 heteroatoms. The van der Waals surface area contributed by atoms with Gasteiger partial charge in [-0.15, -0.1) is 10.2 Å². The van der Waals surface area contributed by atoms with E-state index in [0.29, 0.717) is 17.0 Å². The van der Waals surface area contributed by atoms with Gasteiger partial charge in [0, 0.05) is 50.3 Å². The maximum atomic E-state index is 13.6. The lowest BCUT2D eigenvalue weighted by Gasteiger charge is -2.35. The summed E-state index contributed by atoms with van der Waals surface area (Å²) in [5, 5.41) is 8.62. The number of hydrogen-bond acceptors (Lipinski definition) is 6. The van der Waals surface area contributed by atoms with Gasteiger partial charge in [0.15, 0.2) is 11.6 Å². The fraction of sp³-hybridized carbons (Fsp3) is 0.200. The van der Waals surface area contributed by atoms with Crippen molar-refractivity contribution in [2.75, 3.05) is 36.0 Å². The van der Waals surface area contributed by atoms with Gasteiger partial charge in [0.2, 0.25) is 5.65 Å². The van der Waals surface area contributed by atoms with Crippen molar-refractivity contribution < 1.29 is 4.39 Å². The number of fused-ring (bicyclic) bond motifs is 1. The number of benzene rings is 1. The molecule has 4 heterocycles. The Hall–Kier alpha value is -3.55. The molecule has 0 radical (unpaired) electrons. The molecule has 0 spiro atoms. The van der Waals surface area contributed by atoms with E-state index in [1.807, 2.05) is 41.1 Å². The van der Waals surface area contributed by atoms with Crippen molar-refractivity contribution in [3.63, 3.8) is 0 Å². The minimum absolute atomic E-state index is 0.297. The molecule has 1 aliphatic heterocycles. The first-order valence-corrected chi connectivity index (χ1v) is 9.16. The van der Waals surface area contributed by atoms with Crippen molar-refractivity contribution >= 4 is 17.3 Å². The molecule has 0 bridgehead atoms. The largest absolute Gasteiger partial charge is 0.353 e. The quantitative estimate of drug-likeness (QED) is 0.549. The summed E-state index contributed by atoms with van der Waals surface area (Å²) in [5.41, 5.74) is 1.36. The number of pyridine rings is 1. The molecule has 0 saturated carbocycles. The smallest absolute Gasteiger partial charge is 0.204 e. The van der Waals surface area contributed by atoms with Gasteiger partial charge in [0.1, 0.15) is 11.6 Å². The third-order valence-electron chi connectivity index (χ3n) is 4.94. The SMILES string of the molecule is Fc1cccc(-c2nnc3c(N4CCN(c5ccccn5)CC4)nccn23)c1. The van der Waals surface area contributed by atoms with E-state index in [4.69, 9.17) is 0 Å². The van der Waals surface area contributed by atoms with Crippen molar-refractivity contribution in [1.29, 1.82) is 0 Å². The number of nitrogens with zero attached hydrogens (tertiary/aromatic N) is 7. The Morgan fingerprint density at radius 3 is 2.46 bits per heavy atom. The summed E-state index contributed by atoms with van der Waals surface area (Å²) in [5.74, 6) is 2.09. The van der Waals surface area contributed by atoms with E-state index < -0.39 is 0 Å². The summed E-state index contributed by atoms with van der Waals surface area (Å²) in [6.45, 7) is 3.33. The minimum atomic E-state index is -0.297. The zero-order chi connectivity index (χ0) is 18.9. The Morgan fingerprint density at radius 2 is 1.68 bits per heavy atom. The lowest BCUT2D eigenvalue weighted by molar-refractivity contribution is 0.628.